The van der Waals surface area contributed by atoms with Gasteiger partial charge < -0.3 is 10.6 Å². The molecule has 0 radical (unpaired) electrons. The third-order valence-electron chi connectivity index (χ3n) is 2.77. The first kappa shape index (κ1) is 14.0. The van der Waals surface area contributed by atoms with Crippen LogP contribution < -0.4 is 10.6 Å². The highest BCUT2D eigenvalue weighted by Crippen LogP contribution is 2.04. The van der Waals surface area contributed by atoms with Crippen molar-refractivity contribution in [1.82, 2.24) is 20.1 Å². The van der Waals surface area contributed by atoms with Gasteiger partial charge in [-0.3, -0.25) is 9.48 Å². The van der Waals surface area contributed by atoms with Crippen LogP contribution in [0.5, 0.6) is 0 Å². The van der Waals surface area contributed by atoms with Gasteiger partial charge in [-0.2, -0.15) is 5.10 Å². The van der Waals surface area contributed by atoms with Crippen molar-refractivity contribution in [3.8, 4) is 0 Å². The molecule has 0 saturated heterocycles. The maximum Gasteiger partial charge on any atom is 0.252 e. The standard InChI is InChI=1S/C14H19N5O/c1-3-15-13-5-4-12(9-17-13)14(20)16-6-7-19-10-11(2)8-18-19/h4-5,8-10H,3,6-7H2,1-2H3,(H,15,17)(H,16,20). The fourth-order valence-corrected chi connectivity index (χ4v) is 1.79. The van der Waals surface area contributed by atoms with Crippen molar-refractivity contribution in [3.63, 3.8) is 0 Å². The minimum atomic E-state index is -0.121. The predicted molar refractivity (Wildman–Crippen MR) is 77.7 cm³/mol. The van der Waals surface area contributed by atoms with E-state index in [0.717, 1.165) is 17.9 Å². The van der Waals surface area contributed by atoms with Gasteiger partial charge in [0, 0.05) is 25.5 Å². The number of pyridine rings is 1. The highest BCUT2D eigenvalue weighted by atomic mass is 16.1. The molecule has 1 amide bonds. The van der Waals surface area contributed by atoms with E-state index < -0.39 is 0 Å². The van der Waals surface area contributed by atoms with Crippen LogP contribution in [0.4, 0.5) is 5.82 Å². The van der Waals surface area contributed by atoms with Crippen LogP contribution in [-0.4, -0.2) is 33.8 Å². The normalized spacial score (nSPS) is 10.3. The van der Waals surface area contributed by atoms with Gasteiger partial charge in [0.05, 0.1) is 18.3 Å². The molecule has 0 aromatic carbocycles. The van der Waals surface area contributed by atoms with Crippen LogP contribution in [0.1, 0.15) is 22.8 Å². The van der Waals surface area contributed by atoms with E-state index in [1.54, 1.807) is 24.5 Å². The third-order valence-corrected chi connectivity index (χ3v) is 2.77. The first-order valence-corrected chi connectivity index (χ1v) is 6.66. The fourth-order valence-electron chi connectivity index (χ4n) is 1.79. The van der Waals surface area contributed by atoms with E-state index in [1.807, 2.05) is 24.7 Å². The zero-order chi connectivity index (χ0) is 14.4. The van der Waals surface area contributed by atoms with Crippen molar-refractivity contribution >= 4 is 11.7 Å². The van der Waals surface area contributed by atoms with Crippen molar-refractivity contribution < 1.29 is 4.79 Å². The van der Waals surface area contributed by atoms with Crippen LogP contribution in [0.2, 0.25) is 0 Å². The Morgan fingerprint density at radius 1 is 1.35 bits per heavy atom. The van der Waals surface area contributed by atoms with Crippen LogP contribution >= 0.6 is 0 Å². The zero-order valence-corrected chi connectivity index (χ0v) is 11.8. The number of rotatable bonds is 6. The molecule has 0 aliphatic carbocycles. The van der Waals surface area contributed by atoms with Gasteiger partial charge in [0.1, 0.15) is 5.82 Å². The van der Waals surface area contributed by atoms with Crippen LogP contribution in [0, 0.1) is 6.92 Å². The van der Waals surface area contributed by atoms with Gasteiger partial charge in [-0.25, -0.2) is 4.98 Å². The molecule has 0 fully saturated rings. The molecule has 2 heterocycles. The Morgan fingerprint density at radius 2 is 2.20 bits per heavy atom. The maximum atomic E-state index is 11.9. The van der Waals surface area contributed by atoms with Crippen LogP contribution in [0.25, 0.3) is 0 Å². The van der Waals surface area contributed by atoms with Gasteiger partial charge in [-0.05, 0) is 31.5 Å². The molecule has 2 N–H and O–H groups in total. The maximum absolute atomic E-state index is 11.9. The number of nitrogens with zero attached hydrogens (tertiary/aromatic N) is 3. The van der Waals surface area contributed by atoms with Crippen LogP contribution in [-0.2, 0) is 6.54 Å². The number of hydrogen-bond donors (Lipinski definition) is 2. The molecule has 0 bridgehead atoms. The van der Waals surface area contributed by atoms with Gasteiger partial charge in [0.25, 0.3) is 5.91 Å². The molecule has 2 aromatic rings. The second-order valence-corrected chi connectivity index (χ2v) is 4.50. The lowest BCUT2D eigenvalue weighted by atomic mass is 10.2. The first-order chi connectivity index (χ1) is 9.69. The topological polar surface area (TPSA) is 71.8 Å². The van der Waals surface area contributed by atoms with Crippen LogP contribution in [0.15, 0.2) is 30.7 Å². The molecule has 2 rings (SSSR count). The van der Waals surface area contributed by atoms with Gasteiger partial charge in [-0.15, -0.1) is 0 Å². The van der Waals surface area contributed by atoms with E-state index in [0.29, 0.717) is 18.7 Å². The smallest absolute Gasteiger partial charge is 0.252 e. The summed E-state index contributed by atoms with van der Waals surface area (Å²) in [5.74, 6) is 0.653. The van der Waals surface area contributed by atoms with Crippen molar-refractivity contribution in [1.29, 1.82) is 0 Å². The first-order valence-electron chi connectivity index (χ1n) is 6.66. The highest BCUT2D eigenvalue weighted by Gasteiger charge is 2.05. The molecule has 0 aliphatic rings. The summed E-state index contributed by atoms with van der Waals surface area (Å²) in [6.07, 6.45) is 5.31. The van der Waals surface area contributed by atoms with E-state index >= 15 is 0 Å². The summed E-state index contributed by atoms with van der Waals surface area (Å²) in [6, 6.07) is 3.56. The molecule has 106 valence electrons. The average molecular weight is 273 g/mol. The lowest BCUT2D eigenvalue weighted by Gasteiger charge is -2.06. The molecule has 6 heteroatoms. The summed E-state index contributed by atoms with van der Waals surface area (Å²) < 4.78 is 1.81. The Kier molecular flexibility index (Phi) is 4.70. The largest absolute Gasteiger partial charge is 0.370 e. The third kappa shape index (κ3) is 3.81. The molecular weight excluding hydrogens is 254 g/mol. The number of carbonyl (C=O) groups excluding carboxylic acids is 1. The monoisotopic (exact) mass is 273 g/mol. The van der Waals surface area contributed by atoms with Crippen LogP contribution in [0.3, 0.4) is 0 Å². The number of carbonyl (C=O) groups is 1. The number of aromatic nitrogens is 3. The lowest BCUT2D eigenvalue weighted by Crippen LogP contribution is -2.27. The number of nitrogens with one attached hydrogen (secondary N) is 2. The van der Waals surface area contributed by atoms with E-state index in [1.165, 1.54) is 0 Å². The van der Waals surface area contributed by atoms with E-state index in [4.69, 9.17) is 0 Å². The molecule has 0 saturated carbocycles. The summed E-state index contributed by atoms with van der Waals surface area (Å²) >= 11 is 0. The van der Waals surface area contributed by atoms with Crippen molar-refractivity contribution in [2.24, 2.45) is 0 Å². The number of amides is 1. The molecule has 6 nitrogen and oxygen atoms in total. The quantitative estimate of drug-likeness (QED) is 0.835. The molecule has 0 atom stereocenters. The molecule has 0 unspecified atom stereocenters. The average Bonchev–Trinajstić information content (AvgIpc) is 2.85. The van der Waals surface area contributed by atoms with E-state index in [9.17, 15) is 4.79 Å². The Morgan fingerprint density at radius 3 is 2.80 bits per heavy atom. The van der Waals surface area contributed by atoms with Gasteiger partial charge in [0.15, 0.2) is 0 Å². The van der Waals surface area contributed by atoms with E-state index in [-0.39, 0.29) is 5.91 Å². The number of hydrogen-bond acceptors (Lipinski definition) is 4. The van der Waals surface area contributed by atoms with Gasteiger partial charge in [0.2, 0.25) is 0 Å². The Balaban J connectivity index is 1.82. The molecular formula is C14H19N5O. The molecule has 20 heavy (non-hydrogen) atoms. The van der Waals surface area contributed by atoms with Gasteiger partial charge >= 0.3 is 0 Å². The van der Waals surface area contributed by atoms with E-state index in [2.05, 4.69) is 20.7 Å². The highest BCUT2D eigenvalue weighted by molar-refractivity contribution is 5.93. The zero-order valence-electron chi connectivity index (χ0n) is 11.8. The Labute approximate surface area is 118 Å². The summed E-state index contributed by atoms with van der Waals surface area (Å²) in [5.41, 5.74) is 1.67. The molecule has 2 aromatic heterocycles. The Bertz CT molecular complexity index is 561. The molecule has 0 aliphatic heterocycles. The summed E-state index contributed by atoms with van der Waals surface area (Å²) in [7, 11) is 0. The lowest BCUT2D eigenvalue weighted by molar-refractivity contribution is 0.0951. The van der Waals surface area contributed by atoms with Crippen molar-refractivity contribution in [2.45, 2.75) is 20.4 Å². The number of anilines is 1. The SMILES string of the molecule is CCNc1ccc(C(=O)NCCn2cc(C)cn2)cn1. The van der Waals surface area contributed by atoms with Gasteiger partial charge in [-0.1, -0.05) is 0 Å². The van der Waals surface area contributed by atoms with Crippen molar-refractivity contribution in [2.75, 3.05) is 18.4 Å². The molecule has 0 spiro atoms. The second-order valence-electron chi connectivity index (χ2n) is 4.50. The predicted octanol–water partition coefficient (Wildman–Crippen LogP) is 1.45. The summed E-state index contributed by atoms with van der Waals surface area (Å²) in [5, 5.41) is 10.1. The summed E-state index contributed by atoms with van der Waals surface area (Å²) in [6.45, 7) is 5.98. The minimum absolute atomic E-state index is 0.121. The fraction of sp³-hybridized carbons (Fsp3) is 0.357. The minimum Gasteiger partial charge on any atom is -0.370 e. The summed E-state index contributed by atoms with van der Waals surface area (Å²) in [4.78, 5) is 16.1. The number of aryl methyl sites for hydroxylation is 1. The Hall–Kier alpha value is -2.37. The second kappa shape index (κ2) is 6.70. The van der Waals surface area contributed by atoms with Crippen molar-refractivity contribution in [3.05, 3.63) is 41.9 Å².